The molecule has 3 N–H and O–H groups in total. The highest BCUT2D eigenvalue weighted by Crippen LogP contribution is 2.39. The van der Waals surface area contributed by atoms with E-state index >= 15 is 0 Å². The van der Waals surface area contributed by atoms with Gasteiger partial charge < -0.3 is 19.8 Å². The molecule has 1 amide bonds. The second kappa shape index (κ2) is 6.12. The summed E-state index contributed by atoms with van der Waals surface area (Å²) in [5, 5.41) is 21.2. The van der Waals surface area contributed by atoms with E-state index in [9.17, 15) is 9.90 Å². The van der Waals surface area contributed by atoms with Gasteiger partial charge in [-0.1, -0.05) is 11.6 Å². The van der Waals surface area contributed by atoms with Crippen molar-refractivity contribution in [1.29, 1.82) is 0 Å². The second-order valence-corrected chi connectivity index (χ2v) is 5.43. The number of rotatable bonds is 5. The number of nitrogens with zero attached hydrogens (tertiary/aromatic N) is 2. The van der Waals surface area contributed by atoms with Gasteiger partial charge in [-0.2, -0.15) is 0 Å². The summed E-state index contributed by atoms with van der Waals surface area (Å²) in [7, 11) is 0. The number of hydrogen-bond donors (Lipinski definition) is 3. The summed E-state index contributed by atoms with van der Waals surface area (Å²) in [6.07, 6.45) is 0.521. The average molecular weight is 326 g/mol. The van der Waals surface area contributed by atoms with E-state index in [1.807, 2.05) is 0 Å². The van der Waals surface area contributed by atoms with E-state index in [1.54, 1.807) is 17.0 Å². The van der Waals surface area contributed by atoms with Crippen LogP contribution >= 0.6 is 11.6 Å². The van der Waals surface area contributed by atoms with Gasteiger partial charge in [0.1, 0.15) is 11.8 Å². The maximum Gasteiger partial charge on any atom is 0.251 e. The van der Waals surface area contributed by atoms with Crippen molar-refractivity contribution in [2.45, 2.75) is 19.0 Å². The minimum absolute atomic E-state index is 0.0515. The van der Waals surface area contributed by atoms with E-state index in [0.717, 1.165) is 5.56 Å². The van der Waals surface area contributed by atoms with Crippen molar-refractivity contribution in [1.82, 2.24) is 10.2 Å². The maximum atomic E-state index is 11.8. The van der Waals surface area contributed by atoms with Gasteiger partial charge in [0.05, 0.1) is 30.5 Å². The quantitative estimate of drug-likeness (QED) is 0.681. The number of aliphatic hydroxyl groups is 2. The molecule has 2 aliphatic rings. The van der Waals surface area contributed by atoms with E-state index in [0.29, 0.717) is 42.0 Å². The molecule has 7 nitrogen and oxygen atoms in total. The van der Waals surface area contributed by atoms with Gasteiger partial charge >= 0.3 is 0 Å². The molecule has 1 saturated heterocycles. The lowest BCUT2D eigenvalue weighted by Gasteiger charge is -2.28. The fraction of sp³-hybridized carbons (Fsp3) is 0.429. The molecule has 1 aromatic carbocycles. The molecule has 1 aromatic rings. The first-order chi connectivity index (χ1) is 10.7. The van der Waals surface area contributed by atoms with Gasteiger partial charge in [0.15, 0.2) is 0 Å². The van der Waals surface area contributed by atoms with Crippen LogP contribution in [0.5, 0.6) is 5.75 Å². The zero-order valence-electron chi connectivity index (χ0n) is 11.8. The number of aliphatic hydroxyl groups excluding tert-OH is 2. The van der Waals surface area contributed by atoms with E-state index in [4.69, 9.17) is 21.4 Å². The predicted molar refractivity (Wildman–Crippen MR) is 80.3 cm³/mol. The number of nitrogens with one attached hydrogen (secondary N) is 1. The van der Waals surface area contributed by atoms with Crippen LogP contribution in [0.1, 0.15) is 12.0 Å². The van der Waals surface area contributed by atoms with Crippen LogP contribution in [0, 0.1) is 0 Å². The molecule has 0 saturated carbocycles. The van der Waals surface area contributed by atoms with Crippen LogP contribution < -0.4 is 10.1 Å². The number of carbonyl (C=O) groups excluding carboxylic acids is 1. The number of benzene rings is 1. The number of guanidine groups is 1. The molecule has 2 heterocycles. The van der Waals surface area contributed by atoms with Crippen molar-refractivity contribution >= 4 is 29.2 Å². The molecule has 0 spiro atoms. The maximum absolute atomic E-state index is 11.8. The Kier molecular flexibility index (Phi) is 4.19. The van der Waals surface area contributed by atoms with Gasteiger partial charge in [-0.25, -0.2) is 4.99 Å². The Hall–Kier alpha value is -1.83. The van der Waals surface area contributed by atoms with Crippen molar-refractivity contribution in [2.75, 3.05) is 19.8 Å². The molecule has 3 rings (SSSR count). The highest BCUT2D eigenvalue weighted by molar-refractivity contribution is 6.33. The number of hydrogen-bond acceptors (Lipinski definition) is 6. The fourth-order valence-electron chi connectivity index (χ4n) is 2.50. The minimum atomic E-state index is -0.651. The van der Waals surface area contributed by atoms with Gasteiger partial charge in [0, 0.05) is 18.6 Å². The van der Waals surface area contributed by atoms with Crippen molar-refractivity contribution in [2.24, 2.45) is 4.99 Å². The normalized spacial score (nSPS) is 19.4. The molecule has 1 unspecified atom stereocenters. The Morgan fingerprint density at radius 1 is 1.45 bits per heavy atom. The third-order valence-corrected chi connectivity index (χ3v) is 4.07. The number of ether oxygens (including phenoxy) is 1. The van der Waals surface area contributed by atoms with Gasteiger partial charge in [-0.05, 0) is 12.1 Å². The predicted octanol–water partition coefficient (Wildman–Crippen LogP) is 0.395. The first-order valence-corrected chi connectivity index (χ1v) is 7.35. The molecule has 2 aliphatic heterocycles. The van der Waals surface area contributed by atoms with Crippen LogP contribution in [0.3, 0.4) is 0 Å². The summed E-state index contributed by atoms with van der Waals surface area (Å²) in [5.74, 6) is 0.678. The largest absolute Gasteiger partial charge is 0.492 e. The molecule has 0 bridgehead atoms. The monoisotopic (exact) mass is 325 g/mol. The Balaban J connectivity index is 1.89. The zero-order chi connectivity index (χ0) is 15.7. The van der Waals surface area contributed by atoms with E-state index in [-0.39, 0.29) is 19.1 Å². The van der Waals surface area contributed by atoms with Crippen LogP contribution in [0.25, 0.3) is 0 Å². The Labute approximate surface area is 132 Å². The lowest BCUT2D eigenvalue weighted by molar-refractivity contribution is -0.122. The molecular weight excluding hydrogens is 310 g/mol. The SMILES string of the molecule is O=C1NC2=Nc3ccc(OCCCO)c(Cl)c3CN2C1CO. The number of aliphatic imine (C=N–C) groups is 1. The number of carbonyl (C=O) groups is 1. The first kappa shape index (κ1) is 15.1. The van der Waals surface area contributed by atoms with E-state index in [2.05, 4.69) is 10.3 Å². The van der Waals surface area contributed by atoms with Crippen LogP contribution in [0.4, 0.5) is 5.69 Å². The van der Waals surface area contributed by atoms with Gasteiger partial charge in [-0.3, -0.25) is 10.1 Å². The number of fused-ring (bicyclic) bond motifs is 2. The molecule has 0 aromatic heterocycles. The summed E-state index contributed by atoms with van der Waals surface area (Å²) < 4.78 is 5.54. The molecule has 1 atom stereocenters. The van der Waals surface area contributed by atoms with Crippen LogP contribution in [-0.4, -0.2) is 52.8 Å². The van der Waals surface area contributed by atoms with Crippen molar-refractivity contribution in [3.05, 3.63) is 22.7 Å². The van der Waals surface area contributed by atoms with Crippen molar-refractivity contribution < 1.29 is 19.7 Å². The molecule has 22 heavy (non-hydrogen) atoms. The van der Waals surface area contributed by atoms with Gasteiger partial charge in [-0.15, -0.1) is 0 Å². The first-order valence-electron chi connectivity index (χ1n) is 6.97. The lowest BCUT2D eigenvalue weighted by Crippen LogP contribution is -2.39. The molecule has 1 fully saturated rings. The number of amides is 1. The third kappa shape index (κ3) is 2.51. The van der Waals surface area contributed by atoms with Gasteiger partial charge in [0.2, 0.25) is 5.96 Å². The second-order valence-electron chi connectivity index (χ2n) is 5.05. The third-order valence-electron chi connectivity index (χ3n) is 3.66. The standard InChI is InChI=1S/C14H16ClN3O4/c15-12-8-6-18-10(7-20)13(21)17-14(18)16-9(8)2-3-11(12)22-5-1-4-19/h2-3,10,19-20H,1,4-7H2,(H,16,17,21). The summed E-state index contributed by atoms with van der Waals surface area (Å²) in [6, 6.07) is 2.85. The highest BCUT2D eigenvalue weighted by atomic mass is 35.5. The zero-order valence-corrected chi connectivity index (χ0v) is 12.5. The molecular formula is C14H16ClN3O4. The topological polar surface area (TPSA) is 94.4 Å². The van der Waals surface area contributed by atoms with Crippen LogP contribution in [0.2, 0.25) is 5.02 Å². The van der Waals surface area contributed by atoms with Crippen LogP contribution in [-0.2, 0) is 11.3 Å². The van der Waals surface area contributed by atoms with Crippen LogP contribution in [0.15, 0.2) is 17.1 Å². The van der Waals surface area contributed by atoms with Crippen molar-refractivity contribution in [3.8, 4) is 5.75 Å². The average Bonchev–Trinajstić information content (AvgIpc) is 2.82. The van der Waals surface area contributed by atoms with Gasteiger partial charge in [0.25, 0.3) is 5.91 Å². The van der Waals surface area contributed by atoms with E-state index in [1.165, 1.54) is 0 Å². The molecule has 0 aliphatic carbocycles. The highest BCUT2D eigenvalue weighted by Gasteiger charge is 2.39. The Morgan fingerprint density at radius 3 is 3.00 bits per heavy atom. The minimum Gasteiger partial charge on any atom is -0.492 e. The Morgan fingerprint density at radius 2 is 2.27 bits per heavy atom. The summed E-state index contributed by atoms with van der Waals surface area (Å²) in [4.78, 5) is 17.8. The smallest absolute Gasteiger partial charge is 0.251 e. The molecule has 118 valence electrons. The lowest BCUT2D eigenvalue weighted by atomic mass is 10.1. The summed E-state index contributed by atoms with van der Waals surface area (Å²) >= 11 is 6.37. The fourth-order valence-corrected chi connectivity index (χ4v) is 2.77. The molecule has 0 radical (unpaired) electrons. The van der Waals surface area contributed by atoms with E-state index < -0.39 is 6.04 Å². The molecule has 8 heteroatoms. The number of halogens is 1. The summed E-state index contributed by atoms with van der Waals surface area (Å²) in [5.41, 5.74) is 1.42. The summed E-state index contributed by atoms with van der Waals surface area (Å²) in [6.45, 7) is 0.501. The Bertz CT molecular complexity index is 635. The van der Waals surface area contributed by atoms with Crippen molar-refractivity contribution in [3.63, 3.8) is 0 Å².